The summed E-state index contributed by atoms with van der Waals surface area (Å²) in [6.45, 7) is 1.78. The summed E-state index contributed by atoms with van der Waals surface area (Å²) in [7, 11) is -0.962. The van der Waals surface area contributed by atoms with Gasteiger partial charge in [-0.2, -0.15) is 0 Å². The zero-order valence-corrected chi connectivity index (χ0v) is 11.0. The first kappa shape index (κ1) is 14.2. The molecule has 0 saturated heterocycles. The highest BCUT2D eigenvalue weighted by Crippen LogP contribution is 2.32. The summed E-state index contributed by atoms with van der Waals surface area (Å²) in [6, 6.07) is -0.177. The van der Waals surface area contributed by atoms with Gasteiger partial charge in [0, 0.05) is 28.9 Å². The maximum Gasteiger partial charge on any atom is 0.307 e. The average molecular weight is 261 g/mol. The van der Waals surface area contributed by atoms with Crippen LogP contribution in [-0.4, -0.2) is 39.2 Å². The Bertz CT molecular complexity index is 331. The molecular formula is C11H19NO4S. The van der Waals surface area contributed by atoms with E-state index in [2.05, 4.69) is 5.32 Å². The van der Waals surface area contributed by atoms with Crippen molar-refractivity contribution in [1.29, 1.82) is 0 Å². The number of rotatable bonds is 5. The minimum atomic E-state index is -0.962. The average Bonchev–Trinajstić information content (AvgIpc) is 2.63. The lowest BCUT2D eigenvalue weighted by molar-refractivity contribution is -0.146. The van der Waals surface area contributed by atoms with Gasteiger partial charge in [0.1, 0.15) is 0 Å². The Balaban J connectivity index is 2.52. The van der Waals surface area contributed by atoms with Gasteiger partial charge < -0.3 is 10.4 Å². The van der Waals surface area contributed by atoms with Gasteiger partial charge in [-0.25, -0.2) is 0 Å². The zero-order chi connectivity index (χ0) is 13.0. The summed E-state index contributed by atoms with van der Waals surface area (Å²) < 4.78 is 11.0. The molecule has 17 heavy (non-hydrogen) atoms. The third-order valence-corrected chi connectivity index (χ3v) is 4.01. The van der Waals surface area contributed by atoms with Crippen molar-refractivity contribution in [2.45, 2.75) is 32.2 Å². The van der Waals surface area contributed by atoms with Gasteiger partial charge in [-0.15, -0.1) is 0 Å². The molecule has 0 spiro atoms. The predicted molar refractivity (Wildman–Crippen MR) is 65.0 cm³/mol. The molecule has 5 nitrogen and oxygen atoms in total. The summed E-state index contributed by atoms with van der Waals surface area (Å²) in [5.74, 6) is -1.70. The van der Waals surface area contributed by atoms with Crippen molar-refractivity contribution in [1.82, 2.24) is 5.32 Å². The molecule has 1 rings (SSSR count). The highest BCUT2D eigenvalue weighted by molar-refractivity contribution is 7.84. The monoisotopic (exact) mass is 261 g/mol. The number of nitrogens with one attached hydrogen (secondary N) is 1. The van der Waals surface area contributed by atoms with Crippen LogP contribution < -0.4 is 5.32 Å². The van der Waals surface area contributed by atoms with Crippen LogP contribution in [0.15, 0.2) is 0 Å². The van der Waals surface area contributed by atoms with Crippen molar-refractivity contribution in [3.05, 3.63) is 0 Å². The summed E-state index contributed by atoms with van der Waals surface area (Å²) in [4.78, 5) is 22.8. The van der Waals surface area contributed by atoms with Crippen LogP contribution in [0.5, 0.6) is 0 Å². The fraction of sp³-hybridized carbons (Fsp3) is 0.818. The minimum Gasteiger partial charge on any atom is -0.481 e. The summed E-state index contributed by atoms with van der Waals surface area (Å²) in [5.41, 5.74) is 0. The van der Waals surface area contributed by atoms with Crippen molar-refractivity contribution < 1.29 is 18.9 Å². The van der Waals surface area contributed by atoms with E-state index in [1.54, 1.807) is 13.2 Å². The summed E-state index contributed by atoms with van der Waals surface area (Å²) >= 11 is 0. The van der Waals surface area contributed by atoms with E-state index >= 15 is 0 Å². The van der Waals surface area contributed by atoms with Crippen LogP contribution >= 0.6 is 0 Å². The molecule has 0 heterocycles. The van der Waals surface area contributed by atoms with Gasteiger partial charge >= 0.3 is 5.97 Å². The molecule has 4 atom stereocenters. The molecule has 0 aromatic heterocycles. The number of hydrogen-bond acceptors (Lipinski definition) is 3. The van der Waals surface area contributed by atoms with E-state index in [1.807, 2.05) is 0 Å². The van der Waals surface area contributed by atoms with E-state index in [4.69, 9.17) is 5.11 Å². The second-order valence-electron chi connectivity index (χ2n) is 4.63. The van der Waals surface area contributed by atoms with Gasteiger partial charge in [0.15, 0.2) is 0 Å². The molecule has 0 aromatic carbocycles. The fourth-order valence-corrected chi connectivity index (χ4v) is 3.10. The maximum atomic E-state index is 11.9. The lowest BCUT2D eigenvalue weighted by atomic mass is 9.95. The summed E-state index contributed by atoms with van der Waals surface area (Å²) in [5, 5.41) is 11.7. The van der Waals surface area contributed by atoms with Crippen LogP contribution in [0.1, 0.15) is 26.2 Å². The first-order chi connectivity index (χ1) is 7.91. The molecule has 1 saturated carbocycles. The Morgan fingerprint density at radius 3 is 2.53 bits per heavy atom. The standard InChI is InChI=1S/C11H19NO4S/c1-7(6-17(2)16)12-10(13)8-4-3-5-9(8)11(14)15/h7-9H,3-6H2,1-2H3,(H,12,13)(H,14,15). The third kappa shape index (κ3) is 4.11. The van der Waals surface area contributed by atoms with Gasteiger partial charge in [0.2, 0.25) is 5.91 Å². The molecule has 0 aromatic rings. The maximum absolute atomic E-state index is 11.9. The Kier molecular flexibility index (Phi) is 5.11. The molecular weight excluding hydrogens is 242 g/mol. The number of hydrogen-bond donors (Lipinski definition) is 2. The molecule has 0 radical (unpaired) electrons. The molecule has 1 aliphatic carbocycles. The Morgan fingerprint density at radius 2 is 2.00 bits per heavy atom. The van der Waals surface area contributed by atoms with Gasteiger partial charge in [-0.3, -0.25) is 13.8 Å². The van der Waals surface area contributed by atoms with Crippen molar-refractivity contribution in [3.8, 4) is 0 Å². The van der Waals surface area contributed by atoms with Crippen molar-refractivity contribution in [2.75, 3.05) is 12.0 Å². The smallest absolute Gasteiger partial charge is 0.307 e. The van der Waals surface area contributed by atoms with E-state index in [0.717, 1.165) is 6.42 Å². The van der Waals surface area contributed by atoms with Gasteiger partial charge in [-0.05, 0) is 19.8 Å². The van der Waals surface area contributed by atoms with Crippen LogP contribution in [0.4, 0.5) is 0 Å². The predicted octanol–water partition coefficient (Wildman–Crippen LogP) is 0.370. The first-order valence-electron chi connectivity index (χ1n) is 5.75. The summed E-state index contributed by atoms with van der Waals surface area (Å²) in [6.07, 6.45) is 3.56. The highest BCUT2D eigenvalue weighted by atomic mass is 32.2. The van der Waals surface area contributed by atoms with E-state index in [9.17, 15) is 13.8 Å². The lowest BCUT2D eigenvalue weighted by Crippen LogP contribution is -2.42. The molecule has 4 unspecified atom stereocenters. The molecule has 1 fully saturated rings. The lowest BCUT2D eigenvalue weighted by Gasteiger charge is -2.19. The normalized spacial score (nSPS) is 27.4. The highest BCUT2D eigenvalue weighted by Gasteiger charge is 2.37. The molecule has 1 amide bonds. The van der Waals surface area contributed by atoms with Gasteiger partial charge in [0.25, 0.3) is 0 Å². The SMILES string of the molecule is CC(CS(C)=O)NC(=O)C1CCCC1C(=O)O. The quantitative estimate of drug-likeness (QED) is 0.749. The van der Waals surface area contributed by atoms with E-state index in [-0.39, 0.29) is 11.9 Å². The number of carboxylic acid groups (broad SMARTS) is 1. The van der Waals surface area contributed by atoms with Gasteiger partial charge in [0.05, 0.1) is 11.8 Å². The molecule has 98 valence electrons. The number of aliphatic carboxylic acids is 1. The molecule has 2 N–H and O–H groups in total. The topological polar surface area (TPSA) is 83.5 Å². The van der Waals surface area contributed by atoms with Crippen LogP contribution in [0.3, 0.4) is 0 Å². The minimum absolute atomic E-state index is 0.177. The fourth-order valence-electron chi connectivity index (χ4n) is 2.31. The number of carbonyl (C=O) groups is 2. The van der Waals surface area contributed by atoms with Crippen molar-refractivity contribution in [2.24, 2.45) is 11.8 Å². The Morgan fingerprint density at radius 1 is 1.41 bits per heavy atom. The van der Waals surface area contributed by atoms with Crippen molar-refractivity contribution in [3.63, 3.8) is 0 Å². The van der Waals surface area contributed by atoms with Crippen LogP contribution in [0.2, 0.25) is 0 Å². The number of amides is 1. The van der Waals surface area contributed by atoms with E-state index in [0.29, 0.717) is 18.6 Å². The van der Waals surface area contributed by atoms with Crippen LogP contribution in [0, 0.1) is 11.8 Å². The second kappa shape index (κ2) is 6.14. The van der Waals surface area contributed by atoms with E-state index < -0.39 is 28.6 Å². The van der Waals surface area contributed by atoms with E-state index in [1.165, 1.54) is 0 Å². The zero-order valence-electron chi connectivity index (χ0n) is 10.1. The molecule has 6 heteroatoms. The van der Waals surface area contributed by atoms with Crippen LogP contribution in [0.25, 0.3) is 0 Å². The van der Waals surface area contributed by atoms with Crippen LogP contribution in [-0.2, 0) is 20.4 Å². The Labute approximate surface area is 103 Å². The largest absolute Gasteiger partial charge is 0.481 e. The molecule has 1 aliphatic rings. The first-order valence-corrected chi connectivity index (χ1v) is 7.47. The molecule has 0 aliphatic heterocycles. The molecule has 0 bridgehead atoms. The van der Waals surface area contributed by atoms with Crippen molar-refractivity contribution >= 4 is 22.7 Å². The number of carbonyl (C=O) groups excluding carboxylic acids is 1. The second-order valence-corrected chi connectivity index (χ2v) is 6.11. The number of carboxylic acids is 1. The third-order valence-electron chi connectivity index (χ3n) is 3.04. The van der Waals surface area contributed by atoms with Gasteiger partial charge in [-0.1, -0.05) is 6.42 Å². The Hall–Kier alpha value is -0.910.